The minimum absolute atomic E-state index is 0.135. The van der Waals surface area contributed by atoms with E-state index < -0.39 is 0 Å². The summed E-state index contributed by atoms with van der Waals surface area (Å²) in [5, 5.41) is 3.49. The summed E-state index contributed by atoms with van der Waals surface area (Å²) in [6.07, 6.45) is 1.97. The summed E-state index contributed by atoms with van der Waals surface area (Å²) in [5.74, 6) is 0.00283. The van der Waals surface area contributed by atoms with Crippen molar-refractivity contribution < 1.29 is 9.59 Å². The van der Waals surface area contributed by atoms with Crippen molar-refractivity contribution in [2.24, 2.45) is 5.92 Å². The van der Waals surface area contributed by atoms with E-state index in [4.69, 9.17) is 23.2 Å². The van der Waals surface area contributed by atoms with Crippen molar-refractivity contribution in [1.29, 1.82) is 0 Å². The topological polar surface area (TPSA) is 49.4 Å². The third kappa shape index (κ3) is 4.61. The quantitative estimate of drug-likeness (QED) is 0.862. The number of hydrogen-bond acceptors (Lipinski definition) is 2. The van der Waals surface area contributed by atoms with Crippen LogP contribution in [0, 0.1) is 5.92 Å². The fourth-order valence-corrected chi connectivity index (χ4v) is 2.91. The molecule has 1 unspecified atom stereocenters. The van der Waals surface area contributed by atoms with Gasteiger partial charge in [0.05, 0.1) is 10.7 Å². The SMILES string of the molecule is CC1CCCN(C(=O)CC(=O)Nc2ccc(Cl)cc2Cl)C1. The van der Waals surface area contributed by atoms with Crippen LogP contribution in [0.1, 0.15) is 26.2 Å². The number of halogens is 2. The minimum Gasteiger partial charge on any atom is -0.342 e. The number of carbonyl (C=O) groups excluding carboxylic acids is 2. The number of hydrogen-bond donors (Lipinski definition) is 1. The highest BCUT2D eigenvalue weighted by molar-refractivity contribution is 6.36. The monoisotopic (exact) mass is 328 g/mol. The lowest BCUT2D eigenvalue weighted by molar-refractivity contribution is -0.136. The van der Waals surface area contributed by atoms with Crippen molar-refractivity contribution in [3.8, 4) is 0 Å². The largest absolute Gasteiger partial charge is 0.342 e. The molecule has 1 aromatic rings. The van der Waals surface area contributed by atoms with Gasteiger partial charge in [-0.2, -0.15) is 0 Å². The fourth-order valence-electron chi connectivity index (χ4n) is 2.45. The number of piperidine rings is 1. The van der Waals surface area contributed by atoms with E-state index >= 15 is 0 Å². The smallest absolute Gasteiger partial charge is 0.233 e. The molecule has 21 heavy (non-hydrogen) atoms. The van der Waals surface area contributed by atoms with Gasteiger partial charge in [-0.05, 0) is 37.0 Å². The lowest BCUT2D eigenvalue weighted by Crippen LogP contribution is -2.40. The molecule has 0 aromatic heterocycles. The van der Waals surface area contributed by atoms with Crippen LogP contribution in [0.3, 0.4) is 0 Å². The first-order valence-corrected chi connectivity index (χ1v) is 7.74. The molecule has 1 fully saturated rings. The zero-order chi connectivity index (χ0) is 15.4. The first kappa shape index (κ1) is 16.1. The molecular weight excluding hydrogens is 311 g/mol. The number of nitrogens with zero attached hydrogens (tertiary/aromatic N) is 1. The van der Waals surface area contributed by atoms with Gasteiger partial charge in [-0.3, -0.25) is 9.59 Å². The maximum Gasteiger partial charge on any atom is 0.233 e. The zero-order valence-electron chi connectivity index (χ0n) is 11.9. The maximum absolute atomic E-state index is 12.1. The molecule has 1 saturated heterocycles. The third-order valence-corrected chi connectivity index (χ3v) is 4.07. The lowest BCUT2D eigenvalue weighted by Gasteiger charge is -2.30. The van der Waals surface area contributed by atoms with Crippen LogP contribution in [0.4, 0.5) is 5.69 Å². The van der Waals surface area contributed by atoms with E-state index in [0.717, 1.165) is 25.9 Å². The molecule has 2 amide bonds. The minimum atomic E-state index is -0.359. The molecule has 114 valence electrons. The van der Waals surface area contributed by atoms with Gasteiger partial charge in [-0.15, -0.1) is 0 Å². The zero-order valence-corrected chi connectivity index (χ0v) is 13.4. The molecule has 1 aromatic carbocycles. The predicted molar refractivity (Wildman–Crippen MR) is 84.7 cm³/mol. The Kier molecular flexibility index (Phi) is 5.48. The molecule has 1 heterocycles. The highest BCUT2D eigenvalue weighted by Gasteiger charge is 2.22. The molecule has 4 nitrogen and oxygen atoms in total. The van der Waals surface area contributed by atoms with Crippen molar-refractivity contribution in [3.05, 3.63) is 28.2 Å². The molecule has 1 aliphatic heterocycles. The molecular formula is C15H18Cl2N2O2. The van der Waals surface area contributed by atoms with Crippen LogP contribution in [-0.4, -0.2) is 29.8 Å². The Morgan fingerprint density at radius 1 is 1.38 bits per heavy atom. The summed E-state index contributed by atoms with van der Waals surface area (Å²) in [7, 11) is 0. The normalized spacial score (nSPS) is 18.4. The lowest BCUT2D eigenvalue weighted by atomic mass is 10.00. The molecule has 2 rings (SSSR count). The maximum atomic E-state index is 12.1. The van der Waals surface area contributed by atoms with Crippen molar-refractivity contribution in [3.63, 3.8) is 0 Å². The summed E-state index contributed by atoms with van der Waals surface area (Å²) in [4.78, 5) is 25.8. The van der Waals surface area contributed by atoms with Crippen molar-refractivity contribution in [1.82, 2.24) is 4.90 Å². The van der Waals surface area contributed by atoms with Crippen LogP contribution < -0.4 is 5.32 Å². The van der Waals surface area contributed by atoms with Crippen LogP contribution >= 0.6 is 23.2 Å². The molecule has 1 atom stereocenters. The summed E-state index contributed by atoms with van der Waals surface area (Å²) in [6.45, 7) is 3.58. The number of carbonyl (C=O) groups is 2. The molecule has 0 radical (unpaired) electrons. The molecule has 1 N–H and O–H groups in total. The van der Waals surface area contributed by atoms with E-state index in [1.54, 1.807) is 23.1 Å². The molecule has 1 aliphatic rings. The van der Waals surface area contributed by atoms with Gasteiger partial charge in [0.25, 0.3) is 0 Å². The number of anilines is 1. The van der Waals surface area contributed by atoms with Gasteiger partial charge in [-0.25, -0.2) is 0 Å². The van der Waals surface area contributed by atoms with E-state index in [1.807, 2.05) is 0 Å². The second kappa shape index (κ2) is 7.14. The second-order valence-electron chi connectivity index (χ2n) is 5.44. The Labute approximate surface area is 134 Å². The average Bonchev–Trinajstić information content (AvgIpc) is 2.42. The standard InChI is InChI=1S/C15H18Cl2N2O2/c1-10-3-2-6-19(9-10)15(21)8-14(20)18-13-5-4-11(16)7-12(13)17/h4-5,7,10H,2-3,6,8-9H2,1H3,(H,18,20). The van der Waals surface area contributed by atoms with Crippen molar-refractivity contribution in [2.45, 2.75) is 26.2 Å². The van der Waals surface area contributed by atoms with Crippen molar-refractivity contribution in [2.75, 3.05) is 18.4 Å². The molecule has 0 spiro atoms. The second-order valence-corrected chi connectivity index (χ2v) is 6.28. The van der Waals surface area contributed by atoms with Crippen molar-refractivity contribution >= 4 is 40.7 Å². The Morgan fingerprint density at radius 3 is 2.81 bits per heavy atom. The number of likely N-dealkylation sites (tertiary alicyclic amines) is 1. The molecule has 0 aliphatic carbocycles. The van der Waals surface area contributed by atoms with Crippen LogP contribution in [0.5, 0.6) is 0 Å². The van der Waals surface area contributed by atoms with Gasteiger partial charge < -0.3 is 10.2 Å². The van der Waals surface area contributed by atoms with E-state index in [9.17, 15) is 9.59 Å². The van der Waals surface area contributed by atoms with E-state index in [0.29, 0.717) is 21.7 Å². The predicted octanol–water partition coefficient (Wildman–Crippen LogP) is 3.58. The number of amides is 2. The van der Waals surface area contributed by atoms with Gasteiger partial charge in [0.1, 0.15) is 6.42 Å². The van der Waals surface area contributed by atoms with Crippen LogP contribution in [0.25, 0.3) is 0 Å². The van der Waals surface area contributed by atoms with Gasteiger partial charge in [-0.1, -0.05) is 30.1 Å². The van der Waals surface area contributed by atoms with Crippen LogP contribution in [-0.2, 0) is 9.59 Å². The van der Waals surface area contributed by atoms with E-state index in [1.165, 1.54) is 0 Å². The molecule has 6 heteroatoms. The average molecular weight is 329 g/mol. The summed E-state index contributed by atoms with van der Waals surface area (Å²) in [5.41, 5.74) is 0.464. The highest BCUT2D eigenvalue weighted by atomic mass is 35.5. The van der Waals surface area contributed by atoms with E-state index in [-0.39, 0.29) is 18.2 Å². The van der Waals surface area contributed by atoms with Crippen LogP contribution in [0.15, 0.2) is 18.2 Å². The molecule has 0 saturated carbocycles. The molecule has 0 bridgehead atoms. The number of benzene rings is 1. The summed E-state index contributed by atoms with van der Waals surface area (Å²) >= 11 is 11.8. The highest BCUT2D eigenvalue weighted by Crippen LogP contribution is 2.25. The van der Waals surface area contributed by atoms with Crippen LogP contribution in [0.2, 0.25) is 10.0 Å². The number of nitrogens with one attached hydrogen (secondary N) is 1. The van der Waals surface area contributed by atoms with Gasteiger partial charge >= 0.3 is 0 Å². The van der Waals surface area contributed by atoms with Gasteiger partial charge in [0.15, 0.2) is 0 Å². The summed E-state index contributed by atoms with van der Waals surface area (Å²) in [6, 6.07) is 4.81. The number of rotatable bonds is 3. The Morgan fingerprint density at radius 2 is 2.14 bits per heavy atom. The third-order valence-electron chi connectivity index (χ3n) is 3.53. The van der Waals surface area contributed by atoms with Gasteiger partial charge in [0.2, 0.25) is 11.8 Å². The Hall–Kier alpha value is -1.26. The first-order valence-electron chi connectivity index (χ1n) is 6.98. The summed E-state index contributed by atoms with van der Waals surface area (Å²) < 4.78 is 0. The fraction of sp³-hybridized carbons (Fsp3) is 0.467. The Bertz CT molecular complexity index is 548. The van der Waals surface area contributed by atoms with E-state index in [2.05, 4.69) is 12.2 Å². The Balaban J connectivity index is 1.90. The van der Waals surface area contributed by atoms with Gasteiger partial charge in [0, 0.05) is 18.1 Å². The first-order chi connectivity index (χ1) is 9.95.